The van der Waals surface area contributed by atoms with Crippen LogP contribution in [0.1, 0.15) is 55.8 Å². The molecule has 1 unspecified atom stereocenters. The summed E-state index contributed by atoms with van der Waals surface area (Å²) in [6, 6.07) is 8.89. The molecule has 1 aliphatic carbocycles. The monoisotopic (exact) mass is 274 g/mol. The molecule has 2 rings (SSSR count). The van der Waals surface area contributed by atoms with E-state index in [9.17, 15) is 9.59 Å². The molecule has 1 aliphatic rings. The molecule has 0 amide bonds. The fraction of sp³-hybridized carbons (Fsp3) is 0.529. The van der Waals surface area contributed by atoms with E-state index < -0.39 is 6.10 Å². The fourth-order valence-corrected chi connectivity index (χ4v) is 2.82. The molecule has 0 spiro atoms. The topological polar surface area (TPSA) is 43.4 Å². The van der Waals surface area contributed by atoms with Gasteiger partial charge in [-0.1, -0.05) is 44.4 Å². The standard InChI is InChI=1S/C17H22O3/c1-2-15(18)16(13-9-5-3-6-10-13)20-17(19)14-11-7-4-8-12-14/h4,7-8,11-13,16H,2-3,5-6,9-10H2,1H3. The fourth-order valence-electron chi connectivity index (χ4n) is 2.82. The molecule has 1 aromatic carbocycles. The third kappa shape index (κ3) is 3.69. The summed E-state index contributed by atoms with van der Waals surface area (Å²) in [6.07, 6.45) is 5.30. The number of carbonyl (C=O) groups is 2. The zero-order valence-corrected chi connectivity index (χ0v) is 12.0. The Morgan fingerprint density at radius 1 is 1.15 bits per heavy atom. The minimum absolute atomic E-state index is 0.0428. The molecule has 1 atom stereocenters. The summed E-state index contributed by atoms with van der Waals surface area (Å²) in [5.74, 6) is -0.145. The minimum atomic E-state index is -0.562. The van der Waals surface area contributed by atoms with Gasteiger partial charge in [0.2, 0.25) is 0 Å². The van der Waals surface area contributed by atoms with E-state index in [1.54, 1.807) is 24.3 Å². The smallest absolute Gasteiger partial charge is 0.338 e. The molecule has 1 fully saturated rings. The van der Waals surface area contributed by atoms with Crippen molar-refractivity contribution in [2.45, 2.75) is 51.6 Å². The number of Topliss-reactive ketones (excluding diaryl/α,β-unsaturated/α-hetero) is 1. The first-order valence-corrected chi connectivity index (χ1v) is 7.51. The van der Waals surface area contributed by atoms with Crippen LogP contribution in [0.5, 0.6) is 0 Å². The lowest BCUT2D eigenvalue weighted by molar-refractivity contribution is -0.131. The van der Waals surface area contributed by atoms with Crippen LogP contribution in [-0.2, 0) is 9.53 Å². The molecule has 3 heteroatoms. The van der Waals surface area contributed by atoms with Crippen LogP contribution in [0.2, 0.25) is 0 Å². The van der Waals surface area contributed by atoms with Gasteiger partial charge in [-0.2, -0.15) is 0 Å². The lowest BCUT2D eigenvalue weighted by Gasteiger charge is -2.28. The highest BCUT2D eigenvalue weighted by molar-refractivity contribution is 5.92. The van der Waals surface area contributed by atoms with Gasteiger partial charge in [-0.15, -0.1) is 0 Å². The van der Waals surface area contributed by atoms with Crippen LogP contribution in [0.15, 0.2) is 30.3 Å². The van der Waals surface area contributed by atoms with Crippen molar-refractivity contribution in [3.63, 3.8) is 0 Å². The molecule has 0 N–H and O–H groups in total. The highest BCUT2D eigenvalue weighted by Gasteiger charge is 2.31. The molecular formula is C17H22O3. The third-order valence-electron chi connectivity index (χ3n) is 3.99. The second kappa shape index (κ2) is 7.22. The first-order chi connectivity index (χ1) is 9.72. The summed E-state index contributed by atoms with van der Waals surface area (Å²) in [5.41, 5.74) is 0.511. The van der Waals surface area contributed by atoms with E-state index >= 15 is 0 Å². The van der Waals surface area contributed by atoms with Gasteiger partial charge >= 0.3 is 5.97 Å². The summed E-state index contributed by atoms with van der Waals surface area (Å²) in [6.45, 7) is 1.83. The van der Waals surface area contributed by atoms with Crippen LogP contribution in [0, 0.1) is 5.92 Å². The minimum Gasteiger partial charge on any atom is -0.450 e. The predicted octanol–water partition coefficient (Wildman–Crippen LogP) is 3.77. The number of benzene rings is 1. The summed E-state index contributed by atoms with van der Waals surface area (Å²) >= 11 is 0. The molecular weight excluding hydrogens is 252 g/mol. The molecule has 108 valence electrons. The molecule has 0 radical (unpaired) electrons. The Labute approximate surface area is 120 Å². The van der Waals surface area contributed by atoms with Crippen LogP contribution >= 0.6 is 0 Å². The van der Waals surface area contributed by atoms with Crippen LogP contribution in [-0.4, -0.2) is 17.9 Å². The number of ketones is 1. The van der Waals surface area contributed by atoms with E-state index in [1.807, 2.05) is 13.0 Å². The first kappa shape index (κ1) is 14.8. The SMILES string of the molecule is CCC(=O)C(OC(=O)c1ccccc1)C1CCCCC1. The van der Waals surface area contributed by atoms with Gasteiger partial charge < -0.3 is 4.74 Å². The van der Waals surface area contributed by atoms with Crippen LogP contribution in [0.4, 0.5) is 0 Å². The molecule has 1 saturated carbocycles. The lowest BCUT2D eigenvalue weighted by Crippen LogP contribution is -2.35. The van der Waals surface area contributed by atoms with Crippen molar-refractivity contribution in [1.82, 2.24) is 0 Å². The second-order valence-corrected chi connectivity index (χ2v) is 5.41. The highest BCUT2D eigenvalue weighted by Crippen LogP contribution is 2.29. The maximum Gasteiger partial charge on any atom is 0.338 e. The van der Waals surface area contributed by atoms with Crippen LogP contribution in [0.3, 0.4) is 0 Å². The van der Waals surface area contributed by atoms with Crippen molar-refractivity contribution in [3.05, 3.63) is 35.9 Å². The number of esters is 1. The van der Waals surface area contributed by atoms with E-state index in [4.69, 9.17) is 4.74 Å². The number of ether oxygens (including phenoxy) is 1. The van der Waals surface area contributed by atoms with Crippen molar-refractivity contribution < 1.29 is 14.3 Å². The largest absolute Gasteiger partial charge is 0.450 e. The van der Waals surface area contributed by atoms with Crippen molar-refractivity contribution in [1.29, 1.82) is 0 Å². The Morgan fingerprint density at radius 2 is 1.80 bits per heavy atom. The molecule has 0 bridgehead atoms. The van der Waals surface area contributed by atoms with E-state index in [0.29, 0.717) is 12.0 Å². The Kier molecular flexibility index (Phi) is 5.33. The zero-order chi connectivity index (χ0) is 14.4. The quantitative estimate of drug-likeness (QED) is 0.768. The van der Waals surface area contributed by atoms with Crippen molar-refractivity contribution >= 4 is 11.8 Å². The van der Waals surface area contributed by atoms with Gasteiger partial charge in [0, 0.05) is 12.3 Å². The summed E-state index contributed by atoms with van der Waals surface area (Å²) in [5, 5.41) is 0. The normalized spacial score (nSPS) is 17.4. The van der Waals surface area contributed by atoms with E-state index in [2.05, 4.69) is 0 Å². The lowest BCUT2D eigenvalue weighted by atomic mass is 9.83. The molecule has 0 saturated heterocycles. The molecule has 3 nitrogen and oxygen atoms in total. The molecule has 1 aromatic rings. The van der Waals surface area contributed by atoms with E-state index in [1.165, 1.54) is 6.42 Å². The Bertz CT molecular complexity index is 447. The van der Waals surface area contributed by atoms with E-state index in [0.717, 1.165) is 25.7 Å². The second-order valence-electron chi connectivity index (χ2n) is 5.41. The third-order valence-corrected chi connectivity index (χ3v) is 3.99. The molecule has 0 aromatic heterocycles. The van der Waals surface area contributed by atoms with Gasteiger partial charge in [0.25, 0.3) is 0 Å². The molecule has 0 heterocycles. The van der Waals surface area contributed by atoms with Crippen molar-refractivity contribution in [2.24, 2.45) is 5.92 Å². The Hall–Kier alpha value is -1.64. The Morgan fingerprint density at radius 3 is 2.40 bits per heavy atom. The molecule has 20 heavy (non-hydrogen) atoms. The van der Waals surface area contributed by atoms with E-state index in [-0.39, 0.29) is 17.7 Å². The number of carbonyl (C=O) groups excluding carboxylic acids is 2. The van der Waals surface area contributed by atoms with Gasteiger partial charge in [-0.05, 0) is 25.0 Å². The number of hydrogen-bond donors (Lipinski definition) is 0. The average molecular weight is 274 g/mol. The first-order valence-electron chi connectivity index (χ1n) is 7.51. The Balaban J connectivity index is 2.07. The highest BCUT2D eigenvalue weighted by atomic mass is 16.5. The average Bonchev–Trinajstić information content (AvgIpc) is 2.53. The van der Waals surface area contributed by atoms with Crippen molar-refractivity contribution in [2.75, 3.05) is 0 Å². The number of rotatable bonds is 5. The van der Waals surface area contributed by atoms with Crippen molar-refractivity contribution in [3.8, 4) is 0 Å². The summed E-state index contributed by atoms with van der Waals surface area (Å²) in [4.78, 5) is 24.2. The van der Waals surface area contributed by atoms with Gasteiger partial charge in [-0.3, -0.25) is 4.79 Å². The maximum absolute atomic E-state index is 12.1. The summed E-state index contributed by atoms with van der Waals surface area (Å²) in [7, 11) is 0. The predicted molar refractivity (Wildman–Crippen MR) is 77.5 cm³/mol. The van der Waals surface area contributed by atoms with Gasteiger partial charge in [0.05, 0.1) is 5.56 Å². The van der Waals surface area contributed by atoms with Crippen LogP contribution in [0.25, 0.3) is 0 Å². The van der Waals surface area contributed by atoms with Gasteiger partial charge in [0.15, 0.2) is 11.9 Å². The maximum atomic E-state index is 12.1. The van der Waals surface area contributed by atoms with Crippen LogP contribution < -0.4 is 0 Å². The van der Waals surface area contributed by atoms with Gasteiger partial charge in [0.1, 0.15) is 0 Å². The zero-order valence-electron chi connectivity index (χ0n) is 12.0. The van der Waals surface area contributed by atoms with Gasteiger partial charge in [-0.25, -0.2) is 4.79 Å². The summed E-state index contributed by atoms with van der Waals surface area (Å²) < 4.78 is 5.54. The molecule has 0 aliphatic heterocycles. The number of hydrogen-bond acceptors (Lipinski definition) is 3.